The summed E-state index contributed by atoms with van der Waals surface area (Å²) in [5, 5.41) is 7.71. The third-order valence-corrected chi connectivity index (χ3v) is 4.84. The first kappa shape index (κ1) is 16.3. The van der Waals surface area contributed by atoms with Crippen molar-refractivity contribution in [2.45, 2.75) is 0 Å². The summed E-state index contributed by atoms with van der Waals surface area (Å²) in [5.41, 5.74) is 6.14. The Labute approximate surface area is 162 Å². The van der Waals surface area contributed by atoms with Crippen LogP contribution < -0.4 is 5.32 Å². The van der Waals surface area contributed by atoms with Crippen molar-refractivity contribution in [2.24, 2.45) is 0 Å². The number of carbonyl (C=O) groups excluding carboxylic acids is 1. The minimum Gasteiger partial charge on any atom is -0.321 e. The van der Waals surface area contributed by atoms with E-state index in [1.165, 1.54) is 0 Å². The average molecular weight is 363 g/mol. The smallest absolute Gasteiger partial charge is 0.256 e. The second kappa shape index (κ2) is 6.67. The lowest BCUT2D eigenvalue weighted by atomic mass is 10.0. The van der Waals surface area contributed by atoms with Crippen LogP contribution in [0.3, 0.4) is 0 Å². The minimum atomic E-state index is -0.102. The number of fused-ring (bicyclic) bond motifs is 1. The highest BCUT2D eigenvalue weighted by Gasteiger charge is 2.24. The van der Waals surface area contributed by atoms with E-state index in [1.807, 2.05) is 89.8 Å². The molecule has 4 heteroatoms. The Hall–Kier alpha value is -3.92. The van der Waals surface area contributed by atoms with Gasteiger partial charge in [0.1, 0.15) is 0 Å². The molecule has 1 N–H and O–H groups in total. The zero-order valence-corrected chi connectivity index (χ0v) is 15.0. The molecule has 134 valence electrons. The van der Waals surface area contributed by atoms with E-state index in [9.17, 15) is 4.79 Å². The minimum absolute atomic E-state index is 0.102. The lowest BCUT2D eigenvalue weighted by Crippen LogP contribution is -2.03. The molecular weight excluding hydrogens is 346 g/mol. The van der Waals surface area contributed by atoms with Crippen molar-refractivity contribution in [3.8, 4) is 16.8 Å². The van der Waals surface area contributed by atoms with Crippen LogP contribution in [0.2, 0.25) is 0 Å². The van der Waals surface area contributed by atoms with Crippen LogP contribution in [-0.4, -0.2) is 15.7 Å². The number of hydrogen-bond acceptors (Lipinski definition) is 2. The van der Waals surface area contributed by atoms with Crippen molar-refractivity contribution in [3.05, 3.63) is 102 Å². The summed E-state index contributed by atoms with van der Waals surface area (Å²) in [6, 6.07) is 27.8. The van der Waals surface area contributed by atoms with Crippen LogP contribution in [0.1, 0.15) is 11.3 Å². The molecule has 0 saturated heterocycles. The van der Waals surface area contributed by atoms with Gasteiger partial charge in [-0.15, -0.1) is 0 Å². The lowest BCUT2D eigenvalue weighted by molar-refractivity contribution is -0.110. The molecule has 0 aliphatic carbocycles. The molecule has 0 saturated carbocycles. The molecule has 3 aromatic carbocycles. The molecule has 1 aliphatic heterocycles. The highest BCUT2D eigenvalue weighted by molar-refractivity contribution is 6.35. The first-order valence-electron chi connectivity index (χ1n) is 9.12. The molecule has 4 aromatic rings. The third kappa shape index (κ3) is 2.81. The highest BCUT2D eigenvalue weighted by atomic mass is 16.2. The summed E-state index contributed by atoms with van der Waals surface area (Å²) < 4.78 is 1.85. The van der Waals surface area contributed by atoms with Crippen molar-refractivity contribution in [1.29, 1.82) is 0 Å². The molecule has 0 bridgehead atoms. The second-order valence-electron chi connectivity index (χ2n) is 6.63. The van der Waals surface area contributed by atoms with E-state index in [4.69, 9.17) is 5.10 Å². The van der Waals surface area contributed by atoms with Gasteiger partial charge < -0.3 is 5.32 Å². The van der Waals surface area contributed by atoms with E-state index in [0.717, 1.165) is 33.8 Å². The number of benzene rings is 3. The predicted molar refractivity (Wildman–Crippen MR) is 112 cm³/mol. The maximum atomic E-state index is 12.5. The van der Waals surface area contributed by atoms with E-state index in [2.05, 4.69) is 17.4 Å². The van der Waals surface area contributed by atoms with Crippen LogP contribution in [0.15, 0.2) is 91.1 Å². The van der Waals surface area contributed by atoms with Crippen molar-refractivity contribution in [3.63, 3.8) is 0 Å². The standard InChI is InChI=1S/C24H17N3O/c28-24-20(19-13-7-8-14-22(19)25-24)15-23-21(17-9-3-1-4-10-17)16-27(26-23)18-11-5-2-6-12-18/h1-16H,(H,25,28)/b20-15-. The van der Waals surface area contributed by atoms with Gasteiger partial charge in [-0.1, -0.05) is 66.7 Å². The quantitative estimate of drug-likeness (QED) is 0.519. The summed E-state index contributed by atoms with van der Waals surface area (Å²) in [5.74, 6) is -0.102. The summed E-state index contributed by atoms with van der Waals surface area (Å²) in [6.45, 7) is 0. The predicted octanol–water partition coefficient (Wildman–Crippen LogP) is 5.03. The maximum Gasteiger partial charge on any atom is 0.256 e. The molecule has 28 heavy (non-hydrogen) atoms. The molecule has 1 aromatic heterocycles. The monoisotopic (exact) mass is 363 g/mol. The molecule has 0 fully saturated rings. The van der Waals surface area contributed by atoms with Gasteiger partial charge in [0.25, 0.3) is 5.91 Å². The molecule has 0 atom stereocenters. The molecule has 0 unspecified atom stereocenters. The Kier molecular flexibility index (Phi) is 3.87. The van der Waals surface area contributed by atoms with Crippen molar-refractivity contribution in [2.75, 3.05) is 5.32 Å². The Bertz CT molecular complexity index is 1190. The number of rotatable bonds is 3. The molecule has 4 nitrogen and oxygen atoms in total. The molecule has 5 rings (SSSR count). The normalized spacial score (nSPS) is 14.1. The van der Waals surface area contributed by atoms with Crippen LogP contribution in [0.5, 0.6) is 0 Å². The van der Waals surface area contributed by atoms with Crippen LogP contribution in [0.4, 0.5) is 5.69 Å². The largest absolute Gasteiger partial charge is 0.321 e. The molecule has 0 spiro atoms. The van der Waals surface area contributed by atoms with Crippen molar-refractivity contribution < 1.29 is 4.79 Å². The van der Waals surface area contributed by atoms with Crippen LogP contribution >= 0.6 is 0 Å². The van der Waals surface area contributed by atoms with Gasteiger partial charge >= 0.3 is 0 Å². The first-order valence-corrected chi connectivity index (χ1v) is 9.12. The zero-order valence-electron chi connectivity index (χ0n) is 15.0. The zero-order chi connectivity index (χ0) is 18.9. The second-order valence-corrected chi connectivity index (χ2v) is 6.63. The number of anilines is 1. The van der Waals surface area contributed by atoms with E-state index < -0.39 is 0 Å². The maximum absolute atomic E-state index is 12.5. The number of nitrogens with one attached hydrogen (secondary N) is 1. The summed E-state index contributed by atoms with van der Waals surface area (Å²) in [7, 11) is 0. The number of carbonyl (C=O) groups is 1. The summed E-state index contributed by atoms with van der Waals surface area (Å²) >= 11 is 0. The van der Waals surface area contributed by atoms with Gasteiger partial charge in [-0.3, -0.25) is 4.79 Å². The van der Waals surface area contributed by atoms with E-state index in [1.54, 1.807) is 0 Å². The number of amides is 1. The van der Waals surface area contributed by atoms with E-state index >= 15 is 0 Å². The Morgan fingerprint density at radius 1 is 0.786 bits per heavy atom. The van der Waals surface area contributed by atoms with E-state index in [-0.39, 0.29) is 5.91 Å². The van der Waals surface area contributed by atoms with Crippen LogP contribution in [-0.2, 0) is 4.79 Å². The van der Waals surface area contributed by atoms with Gasteiger partial charge in [-0.25, -0.2) is 4.68 Å². The number of hydrogen-bond donors (Lipinski definition) is 1. The fraction of sp³-hybridized carbons (Fsp3) is 0. The molecule has 2 heterocycles. The van der Waals surface area contributed by atoms with Gasteiger partial charge in [-0.05, 0) is 29.8 Å². The van der Waals surface area contributed by atoms with Gasteiger partial charge in [-0.2, -0.15) is 5.10 Å². The topological polar surface area (TPSA) is 46.9 Å². The van der Waals surface area contributed by atoms with Crippen molar-refractivity contribution in [1.82, 2.24) is 9.78 Å². The van der Waals surface area contributed by atoms with Crippen LogP contribution in [0, 0.1) is 0 Å². The third-order valence-electron chi connectivity index (χ3n) is 4.84. The van der Waals surface area contributed by atoms with E-state index in [0.29, 0.717) is 5.57 Å². The first-order chi connectivity index (χ1) is 13.8. The van der Waals surface area contributed by atoms with Crippen LogP contribution in [0.25, 0.3) is 28.5 Å². The fourth-order valence-electron chi connectivity index (χ4n) is 3.47. The van der Waals surface area contributed by atoms with Gasteiger partial charge in [0.15, 0.2) is 0 Å². The molecule has 0 radical (unpaired) electrons. The fourth-order valence-corrected chi connectivity index (χ4v) is 3.47. The molecule has 1 amide bonds. The summed E-state index contributed by atoms with van der Waals surface area (Å²) in [4.78, 5) is 12.5. The Balaban J connectivity index is 1.69. The molecular formula is C24H17N3O. The lowest BCUT2D eigenvalue weighted by Gasteiger charge is -2.00. The Morgan fingerprint density at radius 3 is 2.25 bits per heavy atom. The number of nitrogens with zero attached hydrogens (tertiary/aromatic N) is 2. The SMILES string of the molecule is O=C1Nc2ccccc2/C1=C/c1nn(-c2ccccc2)cc1-c1ccccc1. The van der Waals surface area contributed by atoms with Crippen molar-refractivity contribution >= 4 is 23.2 Å². The average Bonchev–Trinajstić information content (AvgIpc) is 3.31. The van der Waals surface area contributed by atoms with Gasteiger partial charge in [0, 0.05) is 23.0 Å². The summed E-state index contributed by atoms with van der Waals surface area (Å²) in [6.07, 6.45) is 3.89. The highest BCUT2D eigenvalue weighted by Crippen LogP contribution is 2.34. The Morgan fingerprint density at radius 2 is 1.46 bits per heavy atom. The number of para-hydroxylation sites is 2. The molecule has 1 aliphatic rings. The van der Waals surface area contributed by atoms with Gasteiger partial charge in [0.2, 0.25) is 0 Å². The van der Waals surface area contributed by atoms with Gasteiger partial charge in [0.05, 0.1) is 17.0 Å². The number of aromatic nitrogens is 2.